The molecule has 6 aliphatic heterocycles. The number of nitrogen functional groups attached to an aromatic ring is 6. The van der Waals surface area contributed by atoms with Crippen molar-refractivity contribution in [2.45, 2.75) is 149 Å². The van der Waals surface area contributed by atoms with Crippen LogP contribution in [0.3, 0.4) is 0 Å². The molecule has 6 fully saturated rings. The van der Waals surface area contributed by atoms with Crippen LogP contribution in [0.1, 0.15) is 75.9 Å². The maximum atomic E-state index is 14.5. The molecule has 0 radical (unpaired) electrons. The van der Waals surface area contributed by atoms with Crippen LogP contribution < -0.4 is 68.1 Å². The summed E-state index contributed by atoms with van der Waals surface area (Å²) in [6.45, 7) is -5.97. The lowest BCUT2D eigenvalue weighted by molar-refractivity contribution is -0.0646. The third kappa shape index (κ3) is 19.0. The lowest BCUT2D eigenvalue weighted by Crippen LogP contribution is -2.32. The van der Waals surface area contributed by atoms with Crippen molar-refractivity contribution >= 4 is 108 Å². The van der Waals surface area contributed by atoms with Crippen molar-refractivity contribution in [1.82, 2.24) is 87.2 Å². The van der Waals surface area contributed by atoms with Crippen LogP contribution in [0.15, 0.2) is 84.5 Å². The molecule has 6 saturated heterocycles. The molecule has 120 heavy (non-hydrogen) atoms. The Bertz CT molecular complexity index is 6010. The van der Waals surface area contributed by atoms with E-state index in [0.29, 0.717) is 0 Å². The first-order valence-electron chi connectivity index (χ1n) is 35.5. The van der Waals surface area contributed by atoms with Gasteiger partial charge in [-0.15, -0.1) is 0 Å². The molecule has 0 bridgehead atoms. The molecular weight excluding hydrogens is 1720 g/mol. The summed E-state index contributed by atoms with van der Waals surface area (Å²) in [6, 6.07) is 3.75. The summed E-state index contributed by atoms with van der Waals surface area (Å²) in [4.78, 5) is 177. The molecule has 0 aliphatic carbocycles. The first kappa shape index (κ1) is 85.7. The molecule has 0 spiro atoms. The van der Waals surface area contributed by atoms with Gasteiger partial charge in [-0.05, 0) is 18.2 Å². The summed E-state index contributed by atoms with van der Waals surface area (Å²) in [5.74, 6) is -1.60. The minimum absolute atomic E-state index is 0.101. The van der Waals surface area contributed by atoms with Crippen molar-refractivity contribution in [2.24, 2.45) is 0 Å². The number of H-pyrrole nitrogens is 3. The summed E-state index contributed by atoms with van der Waals surface area (Å²) in [5, 5.41) is 21.0. The first-order chi connectivity index (χ1) is 56.8. The second kappa shape index (κ2) is 33.9. The number of hydrogen-bond acceptors (Lipinski definition) is 44. The van der Waals surface area contributed by atoms with Crippen LogP contribution in [0.5, 0.6) is 0 Å². The molecule has 22 N–H and O–H groups in total. The van der Waals surface area contributed by atoms with Crippen LogP contribution in [-0.2, 0) is 96.5 Å². The number of aromatic amines is 3. The average molecular weight is 1790 g/mol. The Morgan fingerprint density at radius 3 is 0.883 bits per heavy atom. The van der Waals surface area contributed by atoms with E-state index in [-0.39, 0.29) is 75.7 Å². The van der Waals surface area contributed by atoms with Crippen LogP contribution in [0, 0.1) is 0 Å². The second-order valence-corrected chi connectivity index (χ2v) is 34.5. The Hall–Kier alpha value is -9.28. The van der Waals surface area contributed by atoms with E-state index in [9.17, 15) is 86.3 Å². The van der Waals surface area contributed by atoms with Gasteiger partial charge in [0.25, 0.3) is 16.7 Å². The number of aliphatic hydroxyl groups is 2. The molecule has 0 amide bonds. The number of anilines is 6. The van der Waals surface area contributed by atoms with Crippen LogP contribution in [0.4, 0.5) is 35.3 Å². The Morgan fingerprint density at radius 1 is 0.367 bits per heavy atom. The molecule has 9 aromatic rings. The van der Waals surface area contributed by atoms with E-state index in [1.807, 2.05) is 0 Å². The van der Waals surface area contributed by atoms with Gasteiger partial charge in [0.2, 0.25) is 17.8 Å². The quantitative estimate of drug-likeness (QED) is 0.0180. The van der Waals surface area contributed by atoms with E-state index in [4.69, 9.17) is 108 Å². The maximum Gasteiger partial charge on any atom is 0.472 e. The molecule has 15 heterocycles. The van der Waals surface area contributed by atoms with Crippen molar-refractivity contribution in [2.75, 3.05) is 74.0 Å². The van der Waals surface area contributed by atoms with E-state index >= 15 is 0 Å². The first-order valence-corrected chi connectivity index (χ1v) is 43.0. The normalized spacial score (nSPS) is 29.7. The van der Waals surface area contributed by atoms with Crippen LogP contribution in [0.25, 0.3) is 33.5 Å². The Morgan fingerprint density at radius 2 is 0.608 bits per heavy atom. The number of aromatic nitrogens is 18. The van der Waals surface area contributed by atoms with Crippen molar-refractivity contribution < 1.29 is 131 Å². The number of rotatable bonds is 32. The molecule has 23 atom stereocenters. The number of hydrogen-bond donors (Lipinski definition) is 16. The molecule has 6 aliphatic rings. The van der Waals surface area contributed by atoms with Gasteiger partial charge >= 0.3 is 56.2 Å². The Kier molecular flexibility index (Phi) is 24.2. The van der Waals surface area contributed by atoms with E-state index < -0.39 is 255 Å². The van der Waals surface area contributed by atoms with Gasteiger partial charge < -0.3 is 97.5 Å². The van der Waals surface area contributed by atoms with Gasteiger partial charge in [0.15, 0.2) is 33.5 Å². The molecule has 5 unspecified atom stereocenters. The summed E-state index contributed by atoms with van der Waals surface area (Å²) in [6.07, 6.45) is -23.1. The molecular formula is C57H73N24O34P5. The Balaban J connectivity index is 0.641. The fraction of sp³-hybridized carbons (Fsp3) is 0.526. The van der Waals surface area contributed by atoms with Crippen LogP contribution in [0.2, 0.25) is 0 Å². The van der Waals surface area contributed by atoms with Gasteiger partial charge in [0, 0.05) is 57.1 Å². The summed E-state index contributed by atoms with van der Waals surface area (Å²) >= 11 is 0. The predicted molar refractivity (Wildman–Crippen MR) is 394 cm³/mol. The van der Waals surface area contributed by atoms with Gasteiger partial charge in [0.1, 0.15) is 122 Å². The van der Waals surface area contributed by atoms with Crippen molar-refractivity contribution in [1.29, 1.82) is 0 Å². The minimum Gasteiger partial charge on any atom is -0.394 e. The lowest BCUT2D eigenvalue weighted by atomic mass is 10.2. The SMILES string of the molecule is Nc1ccn([C@H]2C[C@H](OP(=O)(O)OC[C@H]3O[C@@H](n4cnc5c(=O)[nH]c(N)nc54)C[C@@H]3OP(=O)(O)OC[C@H]3O[C@@H](n4ccc(N)nc4=O)C[C@@H]3OP(=O)(O)OC[C@H]3O[C@@H](n4cnc5c(=O)[nH]c(N)nc54)C[C@@H]3OP(=O)(O)OC[C@H]3O[C@@H](n4cnc5c(=O)[nH]c(N)nc54)C[C@@H]3OP(=O)(O)OC[C@H]3O[C@@H](n4ccc(N)nc4=O)C[C@@H]3O)[C@@H](CO)O2)c(=O)n1. The number of ether oxygens (including phenoxy) is 6. The number of nitrogens with one attached hydrogen (secondary N) is 3. The number of phosphoric ester groups is 5. The highest BCUT2D eigenvalue weighted by atomic mass is 31.2. The smallest absolute Gasteiger partial charge is 0.394 e. The van der Waals surface area contributed by atoms with Gasteiger partial charge in [0.05, 0.1) is 64.7 Å². The molecule has 9 aromatic heterocycles. The van der Waals surface area contributed by atoms with Crippen LogP contribution in [-0.4, -0.2) is 235 Å². The number of aliphatic hydroxyl groups excluding tert-OH is 2. The van der Waals surface area contributed by atoms with Crippen molar-refractivity contribution in [3.05, 3.63) is 118 Å². The topological polar surface area (TPSA) is 826 Å². The molecule has 58 nitrogen and oxygen atoms in total. The van der Waals surface area contributed by atoms with Gasteiger partial charge in [-0.25, -0.2) is 52.2 Å². The van der Waals surface area contributed by atoms with Crippen molar-refractivity contribution in [3.8, 4) is 0 Å². The standard InChI is InChI=1S/C57H73N24O34P5/c58-34-1-4-76(55(87)67-34)37-7-22(83)29(106-37)14-100-116(90,91)113-25-10-40(79-19-64-43-46(79)70-52(61)73-49(43)84)109-32(25)17-104-120(98,99)115-27-12-42(81-21-66-45-48(81)72-54(63)75-51(45)86)110-33(27)18-103-118(94,95)112-24-9-39(78-6-3-36(60)69-57(78)89)107-30(24)15-102-119(96,97)114-26-11-41(80-20-65-44-47(80)71-53(62)74-50(44)85)108-31(26)16-101-117(92,93)111-23-8-38(105-28(23)13-82)77-5-2-35(59)68-56(77)88/h1-6,19-33,37-42,82-83H,7-18H2,(H,90,91)(H,92,93)(H,94,95)(H,96,97)(H,98,99)(H2,58,67,87)(H2,59,68,88)(H2,60,69,89)(H3,61,70,73,84)(H3,62,71,74,85)(H3,63,72,75,86)/t22-,23-,24-,25-,26-,27-,28+,29+,30+,31+,32+,33+,37+,38+,39+,40+,41+,42+/m0/s1. The largest absolute Gasteiger partial charge is 0.472 e. The second-order valence-electron chi connectivity index (χ2n) is 27.4. The van der Waals surface area contributed by atoms with Crippen molar-refractivity contribution in [3.63, 3.8) is 0 Å². The zero-order valence-electron chi connectivity index (χ0n) is 61.1. The summed E-state index contributed by atoms with van der Waals surface area (Å²) in [7, 11) is -27.5. The lowest BCUT2D eigenvalue weighted by Gasteiger charge is -2.26. The zero-order chi connectivity index (χ0) is 85.4. The van der Waals surface area contributed by atoms with E-state index in [0.717, 1.165) is 43.4 Å². The number of imidazole rings is 3. The molecule has 15 rings (SSSR count). The summed E-state index contributed by atoms with van der Waals surface area (Å²) in [5.41, 5.74) is 28.1. The fourth-order valence-corrected chi connectivity index (χ4v) is 18.8. The number of nitrogens with two attached hydrogens (primary N) is 6. The molecule has 0 saturated carbocycles. The average Bonchev–Trinajstić information content (AvgIpc) is 1.63. The van der Waals surface area contributed by atoms with E-state index in [2.05, 4.69) is 59.8 Å². The number of fused-ring (bicyclic) bond motifs is 3. The van der Waals surface area contributed by atoms with E-state index in [1.165, 1.54) is 39.7 Å². The minimum atomic E-state index is -5.66. The third-order valence-electron chi connectivity index (χ3n) is 19.4. The van der Waals surface area contributed by atoms with Gasteiger partial charge in [-0.3, -0.25) is 102 Å². The Labute approximate surface area is 665 Å². The molecule has 0 aromatic carbocycles. The number of phosphoric acid groups is 5. The number of nitrogens with zero attached hydrogens (tertiary/aromatic N) is 15. The zero-order valence-corrected chi connectivity index (χ0v) is 65.6. The molecule has 63 heteroatoms. The van der Waals surface area contributed by atoms with Gasteiger partial charge in [-0.2, -0.15) is 29.9 Å². The highest BCUT2D eigenvalue weighted by Gasteiger charge is 2.52. The summed E-state index contributed by atoms with van der Waals surface area (Å²) < 4.78 is 168. The highest BCUT2D eigenvalue weighted by molar-refractivity contribution is 7.48. The van der Waals surface area contributed by atoms with E-state index in [1.54, 1.807) is 0 Å². The fourth-order valence-electron chi connectivity index (χ4n) is 14.0. The van der Waals surface area contributed by atoms with Gasteiger partial charge in [-0.1, -0.05) is 0 Å². The molecule has 650 valence electrons. The predicted octanol–water partition coefficient (Wildman–Crippen LogP) is -3.76. The monoisotopic (exact) mass is 1790 g/mol. The third-order valence-corrected chi connectivity index (χ3v) is 24.5. The van der Waals surface area contributed by atoms with Crippen LogP contribution >= 0.6 is 39.1 Å². The maximum absolute atomic E-state index is 14.5. The highest BCUT2D eigenvalue weighted by Crippen LogP contribution is 2.56.